The van der Waals surface area contributed by atoms with Gasteiger partial charge in [-0.1, -0.05) is 0 Å². The molecule has 3 nitrogen and oxygen atoms in total. The highest BCUT2D eigenvalue weighted by Gasteiger charge is 2.22. The van der Waals surface area contributed by atoms with Gasteiger partial charge < -0.3 is 10.0 Å². The largest absolute Gasteiger partial charge is 0.465 e. The fraction of sp³-hybridized carbons (Fsp3) is 0.500. The maximum atomic E-state index is 13.5. The third-order valence-corrected chi connectivity index (χ3v) is 3.80. The summed E-state index contributed by atoms with van der Waals surface area (Å²) in [5.74, 6) is -2.66. The number of carbonyl (C=O) groups is 1. The zero-order valence-electron chi connectivity index (χ0n) is 10.9. The van der Waals surface area contributed by atoms with Gasteiger partial charge in [-0.3, -0.25) is 0 Å². The highest BCUT2D eigenvalue weighted by molar-refractivity contribution is 5.64. The molecule has 6 heteroatoms. The van der Waals surface area contributed by atoms with Crippen molar-refractivity contribution in [1.82, 2.24) is 4.90 Å². The molecule has 1 aliphatic heterocycles. The fourth-order valence-electron chi connectivity index (χ4n) is 2.53. The summed E-state index contributed by atoms with van der Waals surface area (Å²) >= 11 is 0. The van der Waals surface area contributed by atoms with Gasteiger partial charge in [0, 0.05) is 19.2 Å². The van der Waals surface area contributed by atoms with Crippen LogP contribution in [-0.4, -0.2) is 29.2 Å². The highest BCUT2D eigenvalue weighted by atomic mass is 19.2. The molecule has 1 amide bonds. The molecule has 1 saturated heterocycles. The van der Waals surface area contributed by atoms with E-state index in [1.54, 1.807) is 0 Å². The van der Waals surface area contributed by atoms with E-state index in [1.807, 2.05) is 0 Å². The van der Waals surface area contributed by atoms with Crippen LogP contribution in [0.2, 0.25) is 0 Å². The number of likely N-dealkylation sites (tertiary alicyclic amines) is 1. The molecule has 0 spiro atoms. The molecule has 0 aromatic heterocycles. The number of carboxylic acid groups (broad SMARTS) is 1. The average Bonchev–Trinajstić information content (AvgIpc) is 2.42. The van der Waals surface area contributed by atoms with Crippen LogP contribution in [0.15, 0.2) is 12.1 Å². The first-order valence-corrected chi connectivity index (χ1v) is 6.58. The zero-order chi connectivity index (χ0) is 14.7. The normalized spacial score (nSPS) is 16.4. The molecule has 0 atom stereocenters. The number of halogens is 3. The number of amides is 1. The second kappa shape index (κ2) is 6.15. The number of hydrogen-bond donors (Lipinski definition) is 1. The lowest BCUT2D eigenvalue weighted by atomic mass is 9.90. The summed E-state index contributed by atoms with van der Waals surface area (Å²) in [5, 5.41) is 8.82. The van der Waals surface area contributed by atoms with E-state index in [4.69, 9.17) is 5.11 Å². The van der Waals surface area contributed by atoms with Crippen LogP contribution in [0.4, 0.5) is 18.0 Å². The summed E-state index contributed by atoms with van der Waals surface area (Å²) in [7, 11) is 0. The van der Waals surface area contributed by atoms with Crippen LogP contribution in [0, 0.1) is 23.4 Å². The number of hydrogen-bond acceptors (Lipinski definition) is 1. The van der Waals surface area contributed by atoms with Crippen LogP contribution in [-0.2, 0) is 6.42 Å². The first-order valence-electron chi connectivity index (χ1n) is 6.58. The molecule has 1 aromatic carbocycles. The minimum absolute atomic E-state index is 0.171. The van der Waals surface area contributed by atoms with Crippen LogP contribution in [0.5, 0.6) is 0 Å². The Morgan fingerprint density at radius 1 is 1.15 bits per heavy atom. The summed E-state index contributed by atoms with van der Waals surface area (Å²) < 4.78 is 39.3. The van der Waals surface area contributed by atoms with Crippen molar-refractivity contribution in [3.8, 4) is 0 Å². The Bertz CT molecular complexity index is 499. The predicted octanol–water partition coefficient (Wildman–Crippen LogP) is 3.43. The van der Waals surface area contributed by atoms with Crippen LogP contribution in [0.1, 0.15) is 24.8 Å². The van der Waals surface area contributed by atoms with Gasteiger partial charge in [0.1, 0.15) is 5.82 Å². The minimum Gasteiger partial charge on any atom is -0.465 e. The van der Waals surface area contributed by atoms with E-state index in [-0.39, 0.29) is 11.5 Å². The van der Waals surface area contributed by atoms with Crippen molar-refractivity contribution in [3.63, 3.8) is 0 Å². The van der Waals surface area contributed by atoms with Gasteiger partial charge in [-0.15, -0.1) is 0 Å². The standard InChI is InChI=1S/C14H16F3NO2/c15-11-8-13(17)12(16)7-10(11)2-1-9-3-5-18(6-4-9)14(19)20/h7-9H,1-6H2,(H,19,20). The molecule has 20 heavy (non-hydrogen) atoms. The highest BCUT2D eigenvalue weighted by Crippen LogP contribution is 2.24. The van der Waals surface area contributed by atoms with Crippen LogP contribution in [0.3, 0.4) is 0 Å². The molecule has 0 bridgehead atoms. The van der Waals surface area contributed by atoms with Crippen LogP contribution < -0.4 is 0 Å². The van der Waals surface area contributed by atoms with Crippen molar-refractivity contribution >= 4 is 6.09 Å². The van der Waals surface area contributed by atoms with Crippen molar-refractivity contribution < 1.29 is 23.1 Å². The van der Waals surface area contributed by atoms with Crippen molar-refractivity contribution in [2.45, 2.75) is 25.7 Å². The lowest BCUT2D eigenvalue weighted by molar-refractivity contribution is 0.123. The quantitative estimate of drug-likeness (QED) is 0.865. The number of piperidine rings is 1. The first-order chi connectivity index (χ1) is 9.47. The maximum Gasteiger partial charge on any atom is 0.407 e. The molecule has 0 radical (unpaired) electrons. The van der Waals surface area contributed by atoms with Gasteiger partial charge in [-0.2, -0.15) is 0 Å². The molecular weight excluding hydrogens is 271 g/mol. The van der Waals surface area contributed by atoms with Gasteiger partial charge in [-0.05, 0) is 43.2 Å². The van der Waals surface area contributed by atoms with Crippen molar-refractivity contribution in [1.29, 1.82) is 0 Å². The Kier molecular flexibility index (Phi) is 4.52. The van der Waals surface area contributed by atoms with Crippen molar-refractivity contribution in [2.24, 2.45) is 5.92 Å². The summed E-state index contributed by atoms with van der Waals surface area (Å²) in [6.07, 6.45) is 1.50. The minimum atomic E-state index is -1.18. The Labute approximate surface area is 115 Å². The van der Waals surface area contributed by atoms with Gasteiger partial charge >= 0.3 is 6.09 Å². The van der Waals surface area contributed by atoms with Gasteiger partial charge in [0.15, 0.2) is 11.6 Å². The molecule has 1 aliphatic rings. The third kappa shape index (κ3) is 3.43. The van der Waals surface area contributed by atoms with E-state index in [9.17, 15) is 18.0 Å². The second-order valence-electron chi connectivity index (χ2n) is 5.11. The number of nitrogens with zero attached hydrogens (tertiary/aromatic N) is 1. The number of benzene rings is 1. The molecule has 1 aromatic rings. The van der Waals surface area contributed by atoms with E-state index in [0.29, 0.717) is 32.0 Å². The molecule has 2 rings (SSSR count). The fourth-order valence-corrected chi connectivity index (χ4v) is 2.53. The van der Waals surface area contributed by atoms with Gasteiger partial charge in [-0.25, -0.2) is 18.0 Å². The van der Waals surface area contributed by atoms with Crippen LogP contribution >= 0.6 is 0 Å². The first kappa shape index (κ1) is 14.7. The summed E-state index contributed by atoms with van der Waals surface area (Å²) in [6, 6.07) is 1.47. The molecule has 1 heterocycles. The monoisotopic (exact) mass is 287 g/mol. The van der Waals surface area contributed by atoms with E-state index < -0.39 is 23.5 Å². The van der Waals surface area contributed by atoms with E-state index >= 15 is 0 Å². The number of rotatable bonds is 3. The Balaban J connectivity index is 1.87. The molecule has 110 valence electrons. The van der Waals surface area contributed by atoms with Gasteiger partial charge in [0.05, 0.1) is 0 Å². The van der Waals surface area contributed by atoms with E-state index in [2.05, 4.69) is 0 Å². The van der Waals surface area contributed by atoms with E-state index in [1.165, 1.54) is 4.90 Å². The number of aryl methyl sites for hydroxylation is 1. The smallest absolute Gasteiger partial charge is 0.407 e. The lowest BCUT2D eigenvalue weighted by Gasteiger charge is -2.29. The Morgan fingerprint density at radius 2 is 1.75 bits per heavy atom. The lowest BCUT2D eigenvalue weighted by Crippen LogP contribution is -2.37. The molecule has 1 N–H and O–H groups in total. The Morgan fingerprint density at radius 3 is 2.35 bits per heavy atom. The topological polar surface area (TPSA) is 40.5 Å². The van der Waals surface area contributed by atoms with E-state index in [0.717, 1.165) is 18.9 Å². The third-order valence-electron chi connectivity index (χ3n) is 3.80. The van der Waals surface area contributed by atoms with Crippen LogP contribution in [0.25, 0.3) is 0 Å². The molecular formula is C14H16F3NO2. The maximum absolute atomic E-state index is 13.5. The summed E-state index contributed by atoms with van der Waals surface area (Å²) in [4.78, 5) is 12.1. The summed E-state index contributed by atoms with van der Waals surface area (Å²) in [5.41, 5.74) is 0.171. The van der Waals surface area contributed by atoms with Crippen molar-refractivity contribution in [2.75, 3.05) is 13.1 Å². The van der Waals surface area contributed by atoms with Crippen molar-refractivity contribution in [3.05, 3.63) is 35.1 Å². The average molecular weight is 287 g/mol. The second-order valence-corrected chi connectivity index (χ2v) is 5.11. The summed E-state index contributed by atoms with van der Waals surface area (Å²) in [6.45, 7) is 0.945. The predicted molar refractivity (Wildman–Crippen MR) is 67.0 cm³/mol. The molecule has 0 saturated carbocycles. The molecule has 0 unspecified atom stereocenters. The Hall–Kier alpha value is -1.72. The SMILES string of the molecule is O=C(O)N1CCC(CCc2cc(F)c(F)cc2F)CC1. The molecule has 1 fully saturated rings. The molecule has 0 aliphatic carbocycles. The van der Waals surface area contributed by atoms with Gasteiger partial charge in [0.2, 0.25) is 0 Å². The van der Waals surface area contributed by atoms with Gasteiger partial charge in [0.25, 0.3) is 0 Å². The zero-order valence-corrected chi connectivity index (χ0v) is 10.9.